The van der Waals surface area contributed by atoms with Gasteiger partial charge in [0.2, 0.25) is 5.88 Å². The first kappa shape index (κ1) is 18.7. The van der Waals surface area contributed by atoms with Crippen LogP contribution in [0.15, 0.2) is 47.6 Å². The largest absolute Gasteiger partial charge is 0.439 e. The number of aliphatic imine (C=N–C) groups is 1. The molecule has 2 aromatic rings. The van der Waals surface area contributed by atoms with Crippen LogP contribution in [0.1, 0.15) is 38.2 Å². The molecule has 0 bridgehead atoms. The van der Waals surface area contributed by atoms with Gasteiger partial charge in [-0.1, -0.05) is 32.3 Å². The number of hydrogen-bond acceptors (Lipinski definition) is 3. The van der Waals surface area contributed by atoms with Crippen molar-refractivity contribution in [1.82, 2.24) is 10.3 Å². The lowest BCUT2D eigenvalue weighted by Gasteiger charge is -2.06. The van der Waals surface area contributed by atoms with Crippen molar-refractivity contribution in [2.75, 3.05) is 6.54 Å². The molecule has 1 aromatic carbocycles. The maximum absolute atomic E-state index is 12.9. The molecule has 1 aromatic heterocycles. The lowest BCUT2D eigenvalue weighted by Crippen LogP contribution is -2.32. The molecule has 1 heterocycles. The van der Waals surface area contributed by atoms with Gasteiger partial charge >= 0.3 is 0 Å². The van der Waals surface area contributed by atoms with Crippen molar-refractivity contribution in [1.29, 1.82) is 0 Å². The highest BCUT2D eigenvalue weighted by Gasteiger charge is 2.00. The fraction of sp³-hybridized carbons (Fsp3) is 0.368. The smallest absolute Gasteiger partial charge is 0.219 e. The summed E-state index contributed by atoms with van der Waals surface area (Å²) in [4.78, 5) is 8.52. The first-order valence-corrected chi connectivity index (χ1v) is 8.59. The van der Waals surface area contributed by atoms with Gasteiger partial charge in [-0.15, -0.1) is 0 Å². The zero-order chi connectivity index (χ0) is 17.9. The molecular weight excluding hydrogens is 319 g/mol. The fourth-order valence-corrected chi connectivity index (χ4v) is 2.19. The van der Waals surface area contributed by atoms with Gasteiger partial charge in [0.25, 0.3) is 0 Å². The van der Waals surface area contributed by atoms with Crippen molar-refractivity contribution in [3.8, 4) is 11.6 Å². The minimum absolute atomic E-state index is 0.301. The van der Waals surface area contributed by atoms with Crippen LogP contribution in [-0.2, 0) is 6.54 Å². The molecule has 6 heteroatoms. The molecular formula is C19H25FN4O. The monoisotopic (exact) mass is 344 g/mol. The molecule has 0 fully saturated rings. The van der Waals surface area contributed by atoms with Gasteiger partial charge in [-0.25, -0.2) is 14.4 Å². The van der Waals surface area contributed by atoms with Crippen LogP contribution in [0.3, 0.4) is 0 Å². The molecule has 0 saturated heterocycles. The van der Waals surface area contributed by atoms with E-state index in [0.717, 1.165) is 18.5 Å². The lowest BCUT2D eigenvalue weighted by molar-refractivity contribution is 0.461. The molecule has 5 nitrogen and oxygen atoms in total. The number of guanidine groups is 1. The maximum Gasteiger partial charge on any atom is 0.219 e. The normalized spacial score (nSPS) is 11.4. The highest BCUT2D eigenvalue weighted by molar-refractivity contribution is 5.77. The van der Waals surface area contributed by atoms with Crippen molar-refractivity contribution < 1.29 is 9.13 Å². The summed E-state index contributed by atoms with van der Waals surface area (Å²) in [5.41, 5.74) is 6.78. The summed E-state index contributed by atoms with van der Waals surface area (Å²) < 4.78 is 18.4. The van der Waals surface area contributed by atoms with Gasteiger partial charge in [0, 0.05) is 18.8 Å². The third kappa shape index (κ3) is 7.20. The van der Waals surface area contributed by atoms with Crippen molar-refractivity contribution in [3.63, 3.8) is 0 Å². The van der Waals surface area contributed by atoms with Gasteiger partial charge in [0.15, 0.2) is 5.96 Å². The number of nitrogens with zero attached hydrogens (tertiary/aromatic N) is 2. The minimum Gasteiger partial charge on any atom is -0.439 e. The summed E-state index contributed by atoms with van der Waals surface area (Å²) in [6.45, 7) is 3.49. The van der Waals surface area contributed by atoms with E-state index in [-0.39, 0.29) is 5.82 Å². The highest BCUT2D eigenvalue weighted by Crippen LogP contribution is 2.19. The van der Waals surface area contributed by atoms with Crippen molar-refractivity contribution in [2.24, 2.45) is 10.7 Å². The third-order valence-corrected chi connectivity index (χ3v) is 3.60. The van der Waals surface area contributed by atoms with Crippen LogP contribution in [0.25, 0.3) is 0 Å². The molecule has 2 rings (SSSR count). The summed E-state index contributed by atoms with van der Waals surface area (Å²) in [5.74, 6) is 1.13. The number of nitrogens with one attached hydrogen (secondary N) is 1. The zero-order valence-corrected chi connectivity index (χ0v) is 14.5. The van der Waals surface area contributed by atoms with Crippen LogP contribution in [0, 0.1) is 5.82 Å². The van der Waals surface area contributed by atoms with Gasteiger partial charge in [-0.2, -0.15) is 0 Å². The molecule has 0 radical (unpaired) electrons. The Hall–Kier alpha value is -2.63. The van der Waals surface area contributed by atoms with Crippen LogP contribution >= 0.6 is 0 Å². The average Bonchev–Trinajstić information content (AvgIpc) is 2.63. The SMILES string of the molecule is CCCCCCNC(N)=NCc1ccc(Oc2ccc(F)cc2)nc1. The van der Waals surface area contributed by atoms with E-state index < -0.39 is 0 Å². The maximum atomic E-state index is 12.9. The van der Waals surface area contributed by atoms with Crippen LogP contribution in [0.5, 0.6) is 11.6 Å². The van der Waals surface area contributed by atoms with Crippen molar-refractivity contribution >= 4 is 5.96 Å². The molecule has 0 saturated carbocycles. The highest BCUT2D eigenvalue weighted by atomic mass is 19.1. The number of nitrogens with two attached hydrogens (primary N) is 1. The quantitative estimate of drug-likeness (QED) is 0.410. The topological polar surface area (TPSA) is 72.5 Å². The van der Waals surface area contributed by atoms with E-state index >= 15 is 0 Å². The van der Waals surface area contributed by atoms with Crippen LogP contribution in [0.2, 0.25) is 0 Å². The summed E-state index contributed by atoms with van der Waals surface area (Å²) in [6.07, 6.45) is 6.46. The Balaban J connectivity index is 1.77. The Bertz CT molecular complexity index is 656. The van der Waals surface area contributed by atoms with Crippen molar-refractivity contribution in [2.45, 2.75) is 39.2 Å². The molecule has 0 aliphatic carbocycles. The second kappa shape index (κ2) is 10.3. The van der Waals surface area contributed by atoms with E-state index in [9.17, 15) is 4.39 Å². The summed E-state index contributed by atoms with van der Waals surface area (Å²) in [7, 11) is 0. The van der Waals surface area contributed by atoms with E-state index in [4.69, 9.17) is 10.5 Å². The lowest BCUT2D eigenvalue weighted by atomic mass is 10.2. The number of hydrogen-bond donors (Lipinski definition) is 2. The zero-order valence-electron chi connectivity index (χ0n) is 14.5. The van der Waals surface area contributed by atoms with Crippen LogP contribution < -0.4 is 15.8 Å². The number of pyridine rings is 1. The van der Waals surface area contributed by atoms with E-state index in [0.29, 0.717) is 24.1 Å². The molecule has 134 valence electrons. The van der Waals surface area contributed by atoms with Gasteiger partial charge in [0.1, 0.15) is 11.6 Å². The summed E-state index contributed by atoms with van der Waals surface area (Å²) in [5, 5.41) is 3.11. The molecule has 0 amide bonds. The second-order valence-corrected chi connectivity index (χ2v) is 5.75. The molecule has 25 heavy (non-hydrogen) atoms. The first-order valence-electron chi connectivity index (χ1n) is 8.59. The predicted molar refractivity (Wildman–Crippen MR) is 98.2 cm³/mol. The number of unbranched alkanes of at least 4 members (excludes halogenated alkanes) is 3. The molecule has 0 atom stereocenters. The minimum atomic E-state index is -0.301. The number of halogens is 1. The summed E-state index contributed by atoms with van der Waals surface area (Å²) >= 11 is 0. The Kier molecular flexibility index (Phi) is 7.69. The average molecular weight is 344 g/mol. The van der Waals surface area contributed by atoms with Crippen molar-refractivity contribution in [3.05, 3.63) is 54.0 Å². The number of aromatic nitrogens is 1. The summed E-state index contributed by atoms with van der Waals surface area (Å²) in [6, 6.07) is 9.43. The molecule has 0 spiro atoms. The van der Waals surface area contributed by atoms with E-state index in [2.05, 4.69) is 22.2 Å². The number of ether oxygens (including phenoxy) is 1. The Labute approximate surface area is 148 Å². The Morgan fingerprint density at radius 3 is 2.64 bits per heavy atom. The van der Waals surface area contributed by atoms with E-state index in [1.165, 1.54) is 31.4 Å². The second-order valence-electron chi connectivity index (χ2n) is 5.75. The molecule has 3 N–H and O–H groups in total. The molecule has 0 unspecified atom stereocenters. The fourth-order valence-electron chi connectivity index (χ4n) is 2.19. The van der Waals surface area contributed by atoms with Gasteiger partial charge in [-0.3, -0.25) is 0 Å². The first-order chi connectivity index (χ1) is 12.2. The Morgan fingerprint density at radius 1 is 1.16 bits per heavy atom. The van der Waals surface area contributed by atoms with E-state index in [1.54, 1.807) is 24.4 Å². The van der Waals surface area contributed by atoms with Gasteiger partial charge in [-0.05, 0) is 36.2 Å². The number of benzene rings is 1. The van der Waals surface area contributed by atoms with E-state index in [1.807, 2.05) is 6.07 Å². The molecule has 0 aliphatic rings. The standard InChI is InChI=1S/C19H25FN4O/c1-2-3-4-5-12-22-19(21)24-14-15-6-11-18(23-13-15)25-17-9-7-16(20)8-10-17/h6-11,13H,2-5,12,14H2,1H3,(H3,21,22,24). The number of rotatable bonds is 9. The predicted octanol–water partition coefficient (Wildman–Crippen LogP) is 4.00. The van der Waals surface area contributed by atoms with Crippen LogP contribution in [0.4, 0.5) is 4.39 Å². The van der Waals surface area contributed by atoms with Crippen LogP contribution in [-0.4, -0.2) is 17.5 Å². The van der Waals surface area contributed by atoms with Gasteiger partial charge in [0.05, 0.1) is 6.54 Å². The van der Waals surface area contributed by atoms with Gasteiger partial charge < -0.3 is 15.8 Å². The molecule has 0 aliphatic heterocycles. The third-order valence-electron chi connectivity index (χ3n) is 3.60. The Morgan fingerprint density at radius 2 is 1.96 bits per heavy atom.